The topological polar surface area (TPSA) is 94.6 Å². The number of esters is 2. The Kier molecular flexibility index (Phi) is 6.80. The highest BCUT2D eigenvalue weighted by Gasteiger charge is 2.31. The van der Waals surface area contributed by atoms with Gasteiger partial charge in [0, 0.05) is 16.9 Å². The third-order valence-corrected chi connectivity index (χ3v) is 2.72. The fourth-order valence-corrected chi connectivity index (χ4v) is 1.78. The summed E-state index contributed by atoms with van der Waals surface area (Å²) in [6.45, 7) is 3.37. The lowest BCUT2D eigenvalue weighted by molar-refractivity contribution is -0.157. The van der Waals surface area contributed by atoms with Crippen LogP contribution in [0.15, 0.2) is 22.9 Å². The van der Waals surface area contributed by atoms with Crippen LogP contribution in [0.5, 0.6) is 0 Å². The number of amides is 1. The van der Waals surface area contributed by atoms with Crippen LogP contribution in [0.3, 0.4) is 0 Å². The summed E-state index contributed by atoms with van der Waals surface area (Å²) in [5.41, 5.74) is 0.197. The molecule has 0 unspecified atom stereocenters. The van der Waals surface area contributed by atoms with Gasteiger partial charge in [-0.3, -0.25) is 9.78 Å². The lowest BCUT2D eigenvalue weighted by atomic mass is 10.2. The van der Waals surface area contributed by atoms with Gasteiger partial charge in [-0.05, 0) is 35.8 Å². The van der Waals surface area contributed by atoms with Crippen LogP contribution in [-0.2, 0) is 19.1 Å². The number of halogens is 1. The van der Waals surface area contributed by atoms with Crippen molar-refractivity contribution < 1.29 is 23.9 Å². The zero-order valence-electron chi connectivity index (χ0n) is 11.6. The first kappa shape index (κ1) is 17.1. The minimum absolute atomic E-state index is 0.0864. The maximum Gasteiger partial charge on any atom is 0.340 e. The predicted octanol–water partition coefficient (Wildman–Crippen LogP) is 1.07. The standard InChI is InChI=1S/C13H15BrN2O5/c1-3-20-12(18)10(13(19)21-4-2)16-11(17)8-5-9(14)7-15-6-8/h5-7,10H,3-4H2,1-2H3,(H,16,17). The first-order chi connectivity index (χ1) is 9.99. The van der Waals surface area contributed by atoms with Crippen molar-refractivity contribution in [3.8, 4) is 0 Å². The van der Waals surface area contributed by atoms with Gasteiger partial charge in [0.15, 0.2) is 0 Å². The van der Waals surface area contributed by atoms with E-state index in [1.54, 1.807) is 13.8 Å². The van der Waals surface area contributed by atoms with Gasteiger partial charge < -0.3 is 14.8 Å². The van der Waals surface area contributed by atoms with E-state index in [2.05, 4.69) is 26.2 Å². The molecule has 0 aliphatic heterocycles. The molecule has 7 nitrogen and oxygen atoms in total. The van der Waals surface area contributed by atoms with Crippen molar-refractivity contribution >= 4 is 33.8 Å². The number of nitrogens with one attached hydrogen (secondary N) is 1. The second-order valence-electron chi connectivity index (χ2n) is 3.80. The fourth-order valence-electron chi connectivity index (χ4n) is 1.42. The Morgan fingerprint density at radius 2 is 1.76 bits per heavy atom. The van der Waals surface area contributed by atoms with Crippen molar-refractivity contribution in [1.29, 1.82) is 0 Å². The van der Waals surface area contributed by atoms with E-state index in [0.717, 1.165) is 0 Å². The number of hydrogen-bond acceptors (Lipinski definition) is 6. The molecular formula is C13H15BrN2O5. The van der Waals surface area contributed by atoms with Gasteiger partial charge in [-0.1, -0.05) is 0 Å². The summed E-state index contributed by atoms with van der Waals surface area (Å²) in [6, 6.07) is 0.00627. The molecular weight excluding hydrogens is 344 g/mol. The zero-order chi connectivity index (χ0) is 15.8. The Bertz CT molecular complexity index is 517. The van der Waals surface area contributed by atoms with Gasteiger partial charge >= 0.3 is 11.9 Å². The maximum absolute atomic E-state index is 12.0. The van der Waals surface area contributed by atoms with Crippen LogP contribution in [-0.4, -0.2) is 42.1 Å². The average Bonchev–Trinajstić information content (AvgIpc) is 2.44. The van der Waals surface area contributed by atoms with Gasteiger partial charge in [-0.15, -0.1) is 0 Å². The molecule has 0 fully saturated rings. The van der Waals surface area contributed by atoms with E-state index in [1.165, 1.54) is 18.5 Å². The SMILES string of the molecule is CCOC(=O)C(NC(=O)c1cncc(Br)c1)C(=O)OCC. The van der Waals surface area contributed by atoms with Crippen molar-refractivity contribution in [3.63, 3.8) is 0 Å². The Morgan fingerprint density at radius 3 is 2.24 bits per heavy atom. The predicted molar refractivity (Wildman–Crippen MR) is 76.5 cm³/mol. The third-order valence-electron chi connectivity index (χ3n) is 2.29. The van der Waals surface area contributed by atoms with Crippen LogP contribution in [0.2, 0.25) is 0 Å². The maximum atomic E-state index is 12.0. The van der Waals surface area contributed by atoms with E-state index in [4.69, 9.17) is 9.47 Å². The molecule has 0 saturated carbocycles. The van der Waals surface area contributed by atoms with E-state index in [0.29, 0.717) is 4.47 Å². The van der Waals surface area contributed by atoms with Crippen LogP contribution in [0, 0.1) is 0 Å². The summed E-state index contributed by atoms with van der Waals surface area (Å²) in [4.78, 5) is 39.3. The summed E-state index contributed by atoms with van der Waals surface area (Å²) >= 11 is 3.18. The molecule has 0 atom stereocenters. The van der Waals surface area contributed by atoms with Crippen LogP contribution in [0.1, 0.15) is 24.2 Å². The van der Waals surface area contributed by atoms with Gasteiger partial charge in [0.1, 0.15) is 0 Å². The smallest absolute Gasteiger partial charge is 0.340 e. The highest BCUT2D eigenvalue weighted by molar-refractivity contribution is 9.10. The average molecular weight is 359 g/mol. The molecule has 114 valence electrons. The monoisotopic (exact) mass is 358 g/mol. The van der Waals surface area contributed by atoms with Crippen molar-refractivity contribution in [3.05, 3.63) is 28.5 Å². The normalized spacial score (nSPS) is 10.1. The first-order valence-electron chi connectivity index (χ1n) is 6.24. The van der Waals surface area contributed by atoms with Gasteiger partial charge in [0.2, 0.25) is 6.04 Å². The summed E-state index contributed by atoms with van der Waals surface area (Å²) in [6.07, 6.45) is 2.82. The molecule has 1 heterocycles. The summed E-state index contributed by atoms with van der Waals surface area (Å²) < 4.78 is 10.1. The van der Waals surface area contributed by atoms with Gasteiger partial charge in [-0.2, -0.15) is 0 Å². The molecule has 0 bridgehead atoms. The van der Waals surface area contributed by atoms with Gasteiger partial charge in [-0.25, -0.2) is 9.59 Å². The molecule has 0 aromatic carbocycles. The Morgan fingerprint density at radius 1 is 1.19 bits per heavy atom. The molecule has 0 radical (unpaired) electrons. The molecule has 8 heteroatoms. The quantitative estimate of drug-likeness (QED) is 0.603. The molecule has 0 spiro atoms. The fraction of sp³-hybridized carbons (Fsp3) is 0.385. The number of ether oxygens (including phenoxy) is 2. The molecule has 1 rings (SSSR count). The van der Waals surface area contributed by atoms with E-state index in [1.807, 2.05) is 0 Å². The first-order valence-corrected chi connectivity index (χ1v) is 7.03. The van der Waals surface area contributed by atoms with E-state index < -0.39 is 23.9 Å². The van der Waals surface area contributed by atoms with Crippen molar-refractivity contribution in [2.24, 2.45) is 0 Å². The molecule has 0 saturated heterocycles. The van der Waals surface area contributed by atoms with E-state index in [9.17, 15) is 14.4 Å². The molecule has 0 aliphatic rings. The van der Waals surface area contributed by atoms with E-state index in [-0.39, 0.29) is 18.8 Å². The third kappa shape index (κ3) is 5.14. The second-order valence-corrected chi connectivity index (χ2v) is 4.72. The highest BCUT2D eigenvalue weighted by atomic mass is 79.9. The number of carbonyl (C=O) groups is 3. The molecule has 1 aromatic heterocycles. The minimum Gasteiger partial charge on any atom is -0.464 e. The van der Waals surface area contributed by atoms with Gasteiger partial charge in [0.05, 0.1) is 18.8 Å². The molecule has 0 aliphatic carbocycles. The van der Waals surface area contributed by atoms with Crippen LogP contribution in [0.4, 0.5) is 0 Å². The van der Waals surface area contributed by atoms with Crippen LogP contribution < -0.4 is 5.32 Å². The van der Waals surface area contributed by atoms with Crippen molar-refractivity contribution in [1.82, 2.24) is 10.3 Å². The highest BCUT2D eigenvalue weighted by Crippen LogP contribution is 2.09. The Labute approximate surface area is 130 Å². The number of nitrogens with zero attached hydrogens (tertiary/aromatic N) is 1. The molecule has 1 N–H and O–H groups in total. The number of rotatable bonds is 6. The van der Waals surface area contributed by atoms with Crippen LogP contribution >= 0.6 is 15.9 Å². The number of pyridine rings is 1. The van der Waals surface area contributed by atoms with Crippen LogP contribution in [0.25, 0.3) is 0 Å². The number of carbonyl (C=O) groups excluding carboxylic acids is 3. The number of hydrogen-bond donors (Lipinski definition) is 1. The molecule has 1 amide bonds. The van der Waals surface area contributed by atoms with Crippen molar-refractivity contribution in [2.75, 3.05) is 13.2 Å². The Hall–Kier alpha value is -1.96. The second kappa shape index (κ2) is 8.35. The zero-order valence-corrected chi connectivity index (χ0v) is 13.2. The molecule has 1 aromatic rings. The summed E-state index contributed by atoms with van der Waals surface area (Å²) in [5.74, 6) is -2.37. The lowest BCUT2D eigenvalue weighted by Gasteiger charge is -2.15. The lowest BCUT2D eigenvalue weighted by Crippen LogP contribution is -2.48. The summed E-state index contributed by atoms with van der Waals surface area (Å²) in [5, 5.41) is 2.28. The van der Waals surface area contributed by atoms with Crippen molar-refractivity contribution in [2.45, 2.75) is 19.9 Å². The van der Waals surface area contributed by atoms with Gasteiger partial charge in [0.25, 0.3) is 5.91 Å². The molecule has 21 heavy (non-hydrogen) atoms. The number of aromatic nitrogens is 1. The van der Waals surface area contributed by atoms with E-state index >= 15 is 0 Å². The minimum atomic E-state index is -1.50. The Balaban J connectivity index is 2.87. The largest absolute Gasteiger partial charge is 0.464 e. The summed E-state index contributed by atoms with van der Waals surface area (Å²) in [7, 11) is 0.